The van der Waals surface area contributed by atoms with Crippen LogP contribution >= 0.6 is 0 Å². The van der Waals surface area contributed by atoms with Crippen LogP contribution in [0.1, 0.15) is 0 Å². The molecule has 0 radical (unpaired) electrons. The van der Waals surface area contributed by atoms with Crippen molar-refractivity contribution in [1.29, 1.82) is 0 Å². The molecule has 49 heavy (non-hydrogen) atoms. The van der Waals surface area contributed by atoms with Gasteiger partial charge in [0.15, 0.2) is 11.4 Å². The molecular weight excluding hydrogens is 603 g/mol. The summed E-state index contributed by atoms with van der Waals surface area (Å²) in [5, 5.41) is 7.47. The smallest absolute Gasteiger partial charge is 0.164 e. The van der Waals surface area contributed by atoms with Crippen LogP contribution in [0.2, 0.25) is 0 Å². The number of benzene rings is 7. The van der Waals surface area contributed by atoms with E-state index < -0.39 is 0 Å². The van der Waals surface area contributed by atoms with Gasteiger partial charge in [-0.25, -0.2) is 9.97 Å². The Kier molecular flexibility index (Phi) is 5.32. The summed E-state index contributed by atoms with van der Waals surface area (Å²) >= 11 is 0. The molecule has 0 aliphatic rings. The number of furan rings is 2. The third-order valence-corrected chi connectivity index (χ3v) is 9.80. The number of hydrogen-bond donors (Lipinski definition) is 0. The normalized spacial score (nSPS) is 12.1. The fourth-order valence-electron chi connectivity index (χ4n) is 7.69. The second-order valence-electron chi connectivity index (χ2n) is 12.5. The zero-order valence-corrected chi connectivity index (χ0v) is 26.1. The van der Waals surface area contributed by atoms with Crippen molar-refractivity contribution in [3.63, 3.8) is 0 Å². The van der Waals surface area contributed by atoms with Crippen LogP contribution in [0.15, 0.2) is 160 Å². The zero-order valence-electron chi connectivity index (χ0n) is 26.1. The zero-order chi connectivity index (χ0) is 32.1. The summed E-state index contributed by atoms with van der Waals surface area (Å²) in [6, 6.07) is 52.3. The molecule has 11 aromatic rings. The fraction of sp³-hybridized carbons (Fsp3) is 0. The minimum Gasteiger partial charge on any atom is -0.456 e. The Bertz CT molecular complexity index is 3100. The maximum absolute atomic E-state index is 7.00. The van der Waals surface area contributed by atoms with Crippen molar-refractivity contribution in [3.05, 3.63) is 152 Å². The van der Waals surface area contributed by atoms with Crippen molar-refractivity contribution in [2.45, 2.75) is 0 Å². The van der Waals surface area contributed by atoms with E-state index in [0.29, 0.717) is 5.82 Å². The highest BCUT2D eigenvalue weighted by Crippen LogP contribution is 2.44. The molecule has 0 spiro atoms. The second-order valence-corrected chi connectivity index (χ2v) is 12.5. The molecule has 0 saturated carbocycles. The Labute approximate surface area is 279 Å². The van der Waals surface area contributed by atoms with Gasteiger partial charge in [0.25, 0.3) is 0 Å². The van der Waals surface area contributed by atoms with E-state index in [1.165, 1.54) is 5.39 Å². The molecule has 228 valence electrons. The summed E-state index contributed by atoms with van der Waals surface area (Å²) in [5.41, 5.74) is 10.1. The molecule has 4 aromatic heterocycles. The van der Waals surface area contributed by atoms with Crippen molar-refractivity contribution in [2.75, 3.05) is 0 Å². The van der Waals surface area contributed by atoms with Crippen LogP contribution < -0.4 is 0 Å². The van der Waals surface area contributed by atoms with E-state index in [9.17, 15) is 0 Å². The van der Waals surface area contributed by atoms with Gasteiger partial charge in [0.1, 0.15) is 16.7 Å². The highest BCUT2D eigenvalue weighted by atomic mass is 16.3. The highest BCUT2D eigenvalue weighted by molar-refractivity contribution is 6.24. The second kappa shape index (κ2) is 9.89. The first-order valence-electron chi connectivity index (χ1n) is 16.4. The van der Waals surface area contributed by atoms with Gasteiger partial charge in [-0.3, -0.25) is 0 Å². The molecule has 0 aliphatic carbocycles. The van der Waals surface area contributed by atoms with Crippen LogP contribution in [0.5, 0.6) is 0 Å². The number of hydrogen-bond acceptors (Lipinski definition) is 4. The molecule has 4 heterocycles. The van der Waals surface area contributed by atoms with Gasteiger partial charge in [-0.05, 0) is 48.5 Å². The summed E-state index contributed by atoms with van der Waals surface area (Å²) in [7, 11) is 0. The summed E-state index contributed by atoms with van der Waals surface area (Å²) in [4.78, 5) is 10.6. The van der Waals surface area contributed by atoms with Crippen molar-refractivity contribution in [3.8, 4) is 28.3 Å². The minimum absolute atomic E-state index is 0.614. The third-order valence-electron chi connectivity index (χ3n) is 9.80. The van der Waals surface area contributed by atoms with E-state index in [-0.39, 0.29) is 0 Å². The van der Waals surface area contributed by atoms with Gasteiger partial charge in [0.05, 0.1) is 27.8 Å². The van der Waals surface area contributed by atoms with Gasteiger partial charge in [0, 0.05) is 49.0 Å². The maximum atomic E-state index is 7.00. The first-order chi connectivity index (χ1) is 24.3. The van der Waals surface area contributed by atoms with Crippen LogP contribution in [0, 0.1) is 0 Å². The standard InChI is InChI=1S/C44H25N3O2/c1-3-12-26(13-4-1)40-39-34(24-25-37-38(39)32-17-8-10-21-36(32)48-37)45-44(46-40)33-19-11-18-30-31-23-22-29-28-16-7-9-20-35(28)47(27-14-5-2-6-15-27)41(29)43(31)49-42(30)33/h1-25H. The monoisotopic (exact) mass is 627 g/mol. The van der Waals surface area contributed by atoms with Gasteiger partial charge in [-0.2, -0.15) is 0 Å². The lowest BCUT2D eigenvalue weighted by Gasteiger charge is -2.11. The molecule has 5 heteroatoms. The molecule has 11 rings (SSSR count). The van der Waals surface area contributed by atoms with Crippen LogP contribution in [0.3, 0.4) is 0 Å². The largest absolute Gasteiger partial charge is 0.456 e. The summed E-state index contributed by atoms with van der Waals surface area (Å²) in [6.07, 6.45) is 0. The predicted molar refractivity (Wildman–Crippen MR) is 199 cm³/mol. The SMILES string of the molecule is c1ccc(-c2nc(-c3cccc4c3oc3c4ccc4c5ccccc5n(-c5ccccc5)c43)nc3ccc4oc5ccccc5c4c23)cc1. The molecule has 0 fully saturated rings. The lowest BCUT2D eigenvalue weighted by atomic mass is 10.0. The Morgan fingerprint density at radius 2 is 1.16 bits per heavy atom. The first-order valence-corrected chi connectivity index (χ1v) is 16.4. The number of fused-ring (bicyclic) bond motifs is 12. The van der Waals surface area contributed by atoms with Gasteiger partial charge in [0.2, 0.25) is 0 Å². The summed E-state index contributed by atoms with van der Waals surface area (Å²) in [6.45, 7) is 0. The van der Waals surface area contributed by atoms with Crippen LogP contribution in [-0.4, -0.2) is 14.5 Å². The molecule has 0 amide bonds. The first kappa shape index (κ1) is 26.4. The molecule has 0 aliphatic heterocycles. The van der Waals surface area contributed by atoms with E-state index in [1.54, 1.807) is 0 Å². The quantitative estimate of drug-likeness (QED) is 0.196. The number of nitrogens with zero attached hydrogens (tertiary/aromatic N) is 3. The predicted octanol–water partition coefficient (Wildman–Crippen LogP) is 11.9. The van der Waals surface area contributed by atoms with Crippen molar-refractivity contribution in [1.82, 2.24) is 14.5 Å². The maximum Gasteiger partial charge on any atom is 0.164 e. The van der Waals surface area contributed by atoms with Crippen LogP contribution in [0.4, 0.5) is 0 Å². The Hall–Kier alpha value is -6.72. The van der Waals surface area contributed by atoms with Crippen LogP contribution in [-0.2, 0) is 0 Å². The van der Waals surface area contributed by atoms with E-state index in [0.717, 1.165) is 93.7 Å². The minimum atomic E-state index is 0.614. The molecule has 7 aromatic carbocycles. The van der Waals surface area contributed by atoms with E-state index >= 15 is 0 Å². The topological polar surface area (TPSA) is 57.0 Å². The van der Waals surface area contributed by atoms with Crippen molar-refractivity contribution < 1.29 is 8.83 Å². The number of rotatable bonds is 3. The van der Waals surface area contributed by atoms with Gasteiger partial charge in [-0.15, -0.1) is 0 Å². The average Bonchev–Trinajstić information content (AvgIpc) is 3.85. The third kappa shape index (κ3) is 3.70. The van der Waals surface area contributed by atoms with Crippen LogP contribution in [0.25, 0.3) is 105 Å². The van der Waals surface area contributed by atoms with Crippen molar-refractivity contribution >= 4 is 76.6 Å². The molecule has 0 N–H and O–H groups in total. The molecule has 0 bridgehead atoms. The Morgan fingerprint density at radius 3 is 2.04 bits per heavy atom. The van der Waals surface area contributed by atoms with E-state index in [1.807, 2.05) is 54.6 Å². The van der Waals surface area contributed by atoms with Gasteiger partial charge < -0.3 is 13.4 Å². The number of aromatic nitrogens is 3. The fourth-order valence-corrected chi connectivity index (χ4v) is 7.69. The molecule has 0 unspecified atom stereocenters. The Balaban J connectivity index is 1.24. The highest BCUT2D eigenvalue weighted by Gasteiger charge is 2.23. The lowest BCUT2D eigenvalue weighted by molar-refractivity contribution is 0.669. The molecule has 0 atom stereocenters. The summed E-state index contributed by atoms with van der Waals surface area (Å²) < 4.78 is 15.6. The molecular formula is C44H25N3O2. The molecule has 5 nitrogen and oxygen atoms in total. The van der Waals surface area contributed by atoms with E-state index in [4.69, 9.17) is 18.8 Å². The lowest BCUT2D eigenvalue weighted by Crippen LogP contribution is -1.96. The average molecular weight is 628 g/mol. The van der Waals surface area contributed by atoms with Crippen molar-refractivity contribution in [2.24, 2.45) is 0 Å². The molecule has 0 saturated heterocycles. The Morgan fingerprint density at radius 1 is 0.449 bits per heavy atom. The van der Waals surface area contributed by atoms with Gasteiger partial charge in [-0.1, -0.05) is 103 Å². The summed E-state index contributed by atoms with van der Waals surface area (Å²) in [5.74, 6) is 0.614. The van der Waals surface area contributed by atoms with E-state index in [2.05, 4.69) is 102 Å². The van der Waals surface area contributed by atoms with Gasteiger partial charge >= 0.3 is 0 Å². The number of para-hydroxylation sites is 4.